The molecule has 0 aromatic heterocycles. The highest BCUT2D eigenvalue weighted by molar-refractivity contribution is 5.72. The first-order valence-corrected chi connectivity index (χ1v) is 13.6. The van der Waals surface area contributed by atoms with E-state index in [9.17, 15) is 10.2 Å². The number of aromatic hydroxyl groups is 1. The Labute approximate surface area is 217 Å². The van der Waals surface area contributed by atoms with Gasteiger partial charge in [0.05, 0.1) is 5.60 Å². The monoisotopic (exact) mass is 488 g/mol. The van der Waals surface area contributed by atoms with Gasteiger partial charge in [-0.1, -0.05) is 31.2 Å². The molecule has 2 aromatic rings. The first kappa shape index (κ1) is 26.5. The van der Waals surface area contributed by atoms with E-state index in [0.717, 1.165) is 66.5 Å². The van der Waals surface area contributed by atoms with Crippen LogP contribution in [0.2, 0.25) is 0 Å². The maximum absolute atomic E-state index is 10.8. The lowest BCUT2D eigenvalue weighted by Crippen LogP contribution is -2.56. The van der Waals surface area contributed by atoms with E-state index in [0.29, 0.717) is 12.3 Å². The van der Waals surface area contributed by atoms with Crippen molar-refractivity contribution in [3.63, 3.8) is 0 Å². The maximum Gasteiger partial charge on any atom is 0.123 e. The second-order valence-corrected chi connectivity index (χ2v) is 12.3. The molecule has 2 aliphatic rings. The fourth-order valence-electron chi connectivity index (χ4n) is 6.95. The van der Waals surface area contributed by atoms with Crippen LogP contribution < -0.4 is 4.74 Å². The summed E-state index contributed by atoms with van der Waals surface area (Å²) in [7, 11) is 0. The van der Waals surface area contributed by atoms with Gasteiger partial charge in [0.25, 0.3) is 0 Å². The van der Waals surface area contributed by atoms with Gasteiger partial charge in [0, 0.05) is 11.5 Å². The van der Waals surface area contributed by atoms with Gasteiger partial charge in [-0.3, -0.25) is 0 Å². The Morgan fingerprint density at radius 1 is 1.03 bits per heavy atom. The lowest BCUT2D eigenvalue weighted by atomic mass is 9.52. The zero-order chi connectivity index (χ0) is 26.1. The fourth-order valence-corrected chi connectivity index (χ4v) is 6.95. The lowest BCUT2D eigenvalue weighted by Gasteiger charge is -2.57. The second kappa shape index (κ2) is 10.1. The molecule has 0 saturated heterocycles. The molecule has 36 heavy (non-hydrogen) atoms. The van der Waals surface area contributed by atoms with E-state index < -0.39 is 5.60 Å². The van der Waals surface area contributed by atoms with E-state index in [2.05, 4.69) is 45.2 Å². The molecule has 3 heteroatoms. The Morgan fingerprint density at radius 2 is 1.78 bits per heavy atom. The third kappa shape index (κ3) is 5.27. The Balaban J connectivity index is 1.68. The van der Waals surface area contributed by atoms with Gasteiger partial charge in [-0.05, 0) is 124 Å². The Kier molecular flexibility index (Phi) is 7.44. The number of phenols is 1. The van der Waals surface area contributed by atoms with E-state index >= 15 is 0 Å². The first-order chi connectivity index (χ1) is 17.0. The van der Waals surface area contributed by atoms with Gasteiger partial charge in [0.2, 0.25) is 0 Å². The summed E-state index contributed by atoms with van der Waals surface area (Å²) in [5.74, 6) is 1.85. The molecule has 0 aliphatic heterocycles. The quantitative estimate of drug-likeness (QED) is 0.370. The molecule has 4 rings (SSSR count). The molecule has 4 atom stereocenters. The van der Waals surface area contributed by atoms with Crippen LogP contribution in [0, 0.1) is 17.3 Å². The molecule has 2 aliphatic carbocycles. The Hall–Kier alpha value is -2.52. The van der Waals surface area contributed by atoms with Gasteiger partial charge in [0.15, 0.2) is 0 Å². The Bertz CT molecular complexity index is 1110. The summed E-state index contributed by atoms with van der Waals surface area (Å²) >= 11 is 0. The average molecular weight is 489 g/mol. The number of ether oxygens (including phenoxy) is 1. The first-order valence-electron chi connectivity index (χ1n) is 13.6. The van der Waals surface area contributed by atoms with Crippen molar-refractivity contribution in [1.82, 2.24) is 0 Å². The van der Waals surface area contributed by atoms with E-state index in [1.54, 1.807) is 6.07 Å². The van der Waals surface area contributed by atoms with Crippen molar-refractivity contribution in [3.8, 4) is 22.6 Å². The van der Waals surface area contributed by atoms with Crippen LogP contribution in [0.3, 0.4) is 0 Å². The van der Waals surface area contributed by atoms with Crippen molar-refractivity contribution in [2.75, 3.05) is 0 Å². The lowest BCUT2D eigenvalue weighted by molar-refractivity contribution is -0.131. The molecule has 2 N–H and O–H groups in total. The van der Waals surface area contributed by atoms with Crippen molar-refractivity contribution >= 4 is 0 Å². The van der Waals surface area contributed by atoms with Gasteiger partial charge >= 0.3 is 0 Å². The molecular formula is C33H44O3. The summed E-state index contributed by atoms with van der Waals surface area (Å²) in [6.07, 6.45) is 11.9. The number of allylic oxidation sites excluding steroid dienone is 2. The summed E-state index contributed by atoms with van der Waals surface area (Å²) in [4.78, 5) is 0. The minimum atomic E-state index is -0.669. The van der Waals surface area contributed by atoms with Gasteiger partial charge in [0.1, 0.15) is 17.1 Å². The zero-order valence-corrected chi connectivity index (χ0v) is 22.6. The van der Waals surface area contributed by atoms with Crippen LogP contribution in [0.1, 0.15) is 77.3 Å². The highest BCUT2D eigenvalue weighted by atomic mass is 16.5. The van der Waals surface area contributed by atoms with Crippen molar-refractivity contribution in [2.24, 2.45) is 17.3 Å². The standard InChI is InChI=1S/C33H44O3/c1-7-10-23-12-14-28(34)27(20-23)24-13-15-29(25(21-24)11-8-2)36-33(6)18-9-17-32(5)19-16-26(22-30(32)33)31(3,4)35/h7-8,12-15,20-21,26,30,34-35H,1-2,9-11,16-19,22H2,3-6H3. The zero-order valence-electron chi connectivity index (χ0n) is 22.6. The normalized spacial score (nSPS) is 28.2. The SMILES string of the molecule is C=CCc1ccc(O)c(-c2ccc(OC3(C)CCCC4(C)CCC(C(C)(C)O)CC43)c(CC=C)c2)c1. The number of fused-ring (bicyclic) bond motifs is 1. The summed E-state index contributed by atoms with van der Waals surface area (Å²) in [6, 6.07) is 12.0. The molecule has 0 bridgehead atoms. The van der Waals surface area contributed by atoms with Crippen molar-refractivity contribution in [1.29, 1.82) is 0 Å². The molecule has 4 unspecified atom stereocenters. The number of hydrogen-bond donors (Lipinski definition) is 2. The minimum Gasteiger partial charge on any atom is -0.507 e. The highest BCUT2D eigenvalue weighted by Gasteiger charge is 2.54. The van der Waals surface area contributed by atoms with Gasteiger partial charge < -0.3 is 14.9 Å². The summed E-state index contributed by atoms with van der Waals surface area (Å²) in [6.45, 7) is 16.5. The summed E-state index contributed by atoms with van der Waals surface area (Å²) in [5, 5.41) is 21.4. The van der Waals surface area contributed by atoms with Gasteiger partial charge in [-0.15, -0.1) is 13.2 Å². The van der Waals surface area contributed by atoms with Gasteiger partial charge in [-0.2, -0.15) is 0 Å². The van der Waals surface area contributed by atoms with Crippen LogP contribution in [-0.4, -0.2) is 21.4 Å². The fraction of sp³-hybridized carbons (Fsp3) is 0.515. The Morgan fingerprint density at radius 3 is 2.47 bits per heavy atom. The molecular weight excluding hydrogens is 444 g/mol. The second-order valence-electron chi connectivity index (χ2n) is 12.3. The number of hydrogen-bond acceptors (Lipinski definition) is 3. The number of phenolic OH excluding ortho intramolecular Hbond substituents is 1. The van der Waals surface area contributed by atoms with Crippen LogP contribution in [0.25, 0.3) is 11.1 Å². The van der Waals surface area contributed by atoms with Crippen LogP contribution in [0.15, 0.2) is 61.7 Å². The van der Waals surface area contributed by atoms with Crippen LogP contribution >= 0.6 is 0 Å². The number of aliphatic hydroxyl groups is 1. The van der Waals surface area contributed by atoms with Crippen molar-refractivity contribution in [2.45, 2.75) is 90.3 Å². The molecule has 0 spiro atoms. The highest BCUT2D eigenvalue weighted by Crippen LogP contribution is 2.58. The predicted octanol–water partition coefficient (Wildman–Crippen LogP) is 8.03. The summed E-state index contributed by atoms with van der Waals surface area (Å²) < 4.78 is 7.00. The van der Waals surface area contributed by atoms with E-state index in [1.807, 2.05) is 38.1 Å². The largest absolute Gasteiger partial charge is 0.507 e. The van der Waals surface area contributed by atoms with Crippen molar-refractivity contribution < 1.29 is 14.9 Å². The third-order valence-electron chi connectivity index (χ3n) is 9.10. The molecule has 2 aromatic carbocycles. The predicted molar refractivity (Wildman–Crippen MR) is 149 cm³/mol. The van der Waals surface area contributed by atoms with Crippen LogP contribution in [0.4, 0.5) is 0 Å². The smallest absolute Gasteiger partial charge is 0.123 e. The average Bonchev–Trinajstić information content (AvgIpc) is 2.81. The summed E-state index contributed by atoms with van der Waals surface area (Å²) in [5.41, 5.74) is 3.28. The molecule has 194 valence electrons. The number of rotatable bonds is 8. The van der Waals surface area contributed by atoms with E-state index in [4.69, 9.17) is 4.74 Å². The van der Waals surface area contributed by atoms with Gasteiger partial charge in [-0.25, -0.2) is 0 Å². The van der Waals surface area contributed by atoms with Crippen LogP contribution in [-0.2, 0) is 12.8 Å². The molecule has 2 fully saturated rings. The maximum atomic E-state index is 10.8. The molecule has 0 amide bonds. The van der Waals surface area contributed by atoms with E-state index in [1.165, 1.54) is 6.42 Å². The van der Waals surface area contributed by atoms with Crippen LogP contribution in [0.5, 0.6) is 11.5 Å². The van der Waals surface area contributed by atoms with Crippen molar-refractivity contribution in [3.05, 3.63) is 72.8 Å². The molecule has 0 heterocycles. The topological polar surface area (TPSA) is 49.7 Å². The number of benzene rings is 2. The van der Waals surface area contributed by atoms with E-state index in [-0.39, 0.29) is 22.7 Å². The minimum absolute atomic E-state index is 0.241. The molecule has 2 saturated carbocycles. The molecule has 3 nitrogen and oxygen atoms in total. The molecule has 0 radical (unpaired) electrons. The third-order valence-corrected chi connectivity index (χ3v) is 9.10.